The van der Waals surface area contributed by atoms with Crippen molar-refractivity contribution in [1.29, 1.82) is 0 Å². The van der Waals surface area contributed by atoms with Crippen molar-refractivity contribution in [2.75, 3.05) is 24.5 Å². The number of thiophene rings is 1. The van der Waals surface area contributed by atoms with Crippen LogP contribution in [0.4, 0.5) is 5.69 Å². The second-order valence-corrected chi connectivity index (χ2v) is 9.35. The molecule has 30 heavy (non-hydrogen) atoms. The van der Waals surface area contributed by atoms with E-state index in [9.17, 15) is 4.79 Å². The Labute approximate surface area is 180 Å². The number of anilines is 1. The normalized spacial score (nSPS) is 17.1. The number of piperazine rings is 1. The van der Waals surface area contributed by atoms with E-state index in [2.05, 4.69) is 74.2 Å². The molecule has 0 aliphatic carbocycles. The van der Waals surface area contributed by atoms with E-state index >= 15 is 0 Å². The van der Waals surface area contributed by atoms with E-state index in [1.807, 2.05) is 11.0 Å². The summed E-state index contributed by atoms with van der Waals surface area (Å²) in [5.41, 5.74) is 4.69. The van der Waals surface area contributed by atoms with Gasteiger partial charge in [-0.2, -0.15) is 0 Å². The summed E-state index contributed by atoms with van der Waals surface area (Å²) in [6.45, 7) is 8.71. The molecule has 0 bridgehead atoms. The van der Waals surface area contributed by atoms with Crippen LogP contribution in [0.3, 0.4) is 0 Å². The van der Waals surface area contributed by atoms with Crippen LogP contribution in [0.25, 0.3) is 21.1 Å². The van der Waals surface area contributed by atoms with Gasteiger partial charge in [0.2, 0.25) is 0 Å². The molecule has 1 aliphatic heterocycles. The summed E-state index contributed by atoms with van der Waals surface area (Å²) in [4.78, 5) is 24.2. The number of rotatable bonds is 2. The SMILES string of the molecule is Cc1cccc(N2CCN(C(=O)c3cc4cc5ccc(C)cc5nc4s3)C[C@H]2C)c1. The standard InChI is InChI=1S/C25H25N3OS/c1-16-5-4-6-21(11-16)28-10-9-27(15-18(28)3)25(29)23-14-20-13-19-8-7-17(2)12-22(19)26-24(20)30-23/h4-8,11-14,18H,9-10,15H2,1-3H3/t18-/m1/s1. The van der Waals surface area contributed by atoms with Crippen LogP contribution in [0.5, 0.6) is 0 Å². The lowest BCUT2D eigenvalue weighted by Crippen LogP contribution is -2.53. The first-order valence-corrected chi connectivity index (χ1v) is 11.2. The van der Waals surface area contributed by atoms with Crippen molar-refractivity contribution in [1.82, 2.24) is 9.88 Å². The predicted molar refractivity (Wildman–Crippen MR) is 126 cm³/mol. The van der Waals surface area contributed by atoms with Gasteiger partial charge in [0.25, 0.3) is 5.91 Å². The van der Waals surface area contributed by atoms with E-state index in [4.69, 9.17) is 4.98 Å². The second-order valence-electron chi connectivity index (χ2n) is 8.32. The number of hydrogen-bond donors (Lipinski definition) is 0. The Kier molecular flexibility index (Phi) is 4.70. The van der Waals surface area contributed by atoms with Crippen molar-refractivity contribution in [3.8, 4) is 0 Å². The van der Waals surface area contributed by atoms with Crippen molar-refractivity contribution in [2.24, 2.45) is 0 Å². The number of pyridine rings is 1. The molecule has 1 atom stereocenters. The minimum Gasteiger partial charge on any atom is -0.365 e. The van der Waals surface area contributed by atoms with E-state index in [1.165, 1.54) is 28.2 Å². The van der Waals surface area contributed by atoms with Crippen molar-refractivity contribution in [3.63, 3.8) is 0 Å². The molecule has 1 amide bonds. The molecule has 1 saturated heterocycles. The number of hydrogen-bond acceptors (Lipinski definition) is 4. The van der Waals surface area contributed by atoms with Crippen molar-refractivity contribution < 1.29 is 4.79 Å². The highest BCUT2D eigenvalue weighted by Crippen LogP contribution is 2.30. The highest BCUT2D eigenvalue weighted by atomic mass is 32.1. The molecule has 0 saturated carbocycles. The molecule has 0 unspecified atom stereocenters. The van der Waals surface area contributed by atoms with Crippen molar-refractivity contribution >= 4 is 44.1 Å². The summed E-state index contributed by atoms with van der Waals surface area (Å²) < 4.78 is 0. The molecule has 0 spiro atoms. The molecule has 2 aromatic carbocycles. The second kappa shape index (κ2) is 7.40. The van der Waals surface area contributed by atoms with Crippen LogP contribution in [-0.2, 0) is 0 Å². The molecule has 0 N–H and O–H groups in total. The maximum atomic E-state index is 13.2. The number of aryl methyl sites for hydroxylation is 2. The van der Waals surface area contributed by atoms with Gasteiger partial charge in [-0.25, -0.2) is 4.98 Å². The van der Waals surface area contributed by atoms with E-state index in [-0.39, 0.29) is 11.9 Å². The van der Waals surface area contributed by atoms with Crippen LogP contribution in [0, 0.1) is 13.8 Å². The number of carbonyl (C=O) groups excluding carboxylic acids is 1. The molecular formula is C25H25N3OS. The Hall–Kier alpha value is -2.92. The Morgan fingerprint density at radius 3 is 2.63 bits per heavy atom. The fourth-order valence-corrected chi connectivity index (χ4v) is 5.32. The first kappa shape index (κ1) is 19.1. The van der Waals surface area contributed by atoms with E-state index in [0.717, 1.165) is 45.6 Å². The third kappa shape index (κ3) is 3.43. The summed E-state index contributed by atoms with van der Waals surface area (Å²) in [5.74, 6) is 0.119. The molecule has 5 rings (SSSR count). The smallest absolute Gasteiger partial charge is 0.264 e. The van der Waals surface area contributed by atoms with Gasteiger partial charge < -0.3 is 9.80 Å². The summed E-state index contributed by atoms with van der Waals surface area (Å²) in [6, 6.07) is 19.3. The highest BCUT2D eigenvalue weighted by Gasteiger charge is 2.28. The lowest BCUT2D eigenvalue weighted by Gasteiger charge is -2.41. The average molecular weight is 416 g/mol. The Morgan fingerprint density at radius 1 is 1.00 bits per heavy atom. The molecule has 1 aliphatic rings. The minimum absolute atomic E-state index is 0.119. The lowest BCUT2D eigenvalue weighted by atomic mass is 10.1. The fourth-order valence-electron chi connectivity index (χ4n) is 4.33. The maximum Gasteiger partial charge on any atom is 0.264 e. The summed E-state index contributed by atoms with van der Waals surface area (Å²) >= 11 is 1.50. The van der Waals surface area contributed by atoms with Crippen LogP contribution in [0.2, 0.25) is 0 Å². The van der Waals surface area contributed by atoms with Gasteiger partial charge in [0.05, 0.1) is 10.4 Å². The third-order valence-electron chi connectivity index (χ3n) is 5.92. The fraction of sp³-hybridized carbons (Fsp3) is 0.280. The molecule has 0 radical (unpaired) electrons. The molecule has 2 aromatic heterocycles. The van der Waals surface area contributed by atoms with Gasteiger partial charge >= 0.3 is 0 Å². The Morgan fingerprint density at radius 2 is 1.83 bits per heavy atom. The monoisotopic (exact) mass is 415 g/mol. The number of nitrogens with zero attached hydrogens (tertiary/aromatic N) is 3. The van der Waals surface area contributed by atoms with Gasteiger partial charge in [0.1, 0.15) is 4.83 Å². The van der Waals surface area contributed by atoms with Crippen molar-refractivity contribution in [2.45, 2.75) is 26.8 Å². The Balaban J connectivity index is 1.38. The van der Waals surface area contributed by atoms with Gasteiger partial charge in [-0.3, -0.25) is 4.79 Å². The third-order valence-corrected chi connectivity index (χ3v) is 6.95. The van der Waals surface area contributed by atoms with Gasteiger partial charge in [-0.15, -0.1) is 11.3 Å². The first-order valence-electron chi connectivity index (χ1n) is 10.4. The summed E-state index contributed by atoms with van der Waals surface area (Å²) in [6.07, 6.45) is 0. The number of benzene rings is 2. The van der Waals surface area contributed by atoms with Crippen LogP contribution in [-0.4, -0.2) is 41.5 Å². The zero-order chi connectivity index (χ0) is 20.8. The number of carbonyl (C=O) groups is 1. The summed E-state index contributed by atoms with van der Waals surface area (Å²) in [7, 11) is 0. The average Bonchev–Trinajstić information content (AvgIpc) is 3.14. The van der Waals surface area contributed by atoms with Crippen LogP contribution in [0.1, 0.15) is 27.7 Å². The zero-order valence-electron chi connectivity index (χ0n) is 17.6. The lowest BCUT2D eigenvalue weighted by molar-refractivity contribution is 0.0731. The van der Waals surface area contributed by atoms with Crippen LogP contribution in [0.15, 0.2) is 54.6 Å². The summed E-state index contributed by atoms with van der Waals surface area (Å²) in [5, 5.41) is 2.16. The molecule has 1 fully saturated rings. The number of fused-ring (bicyclic) bond motifs is 2. The quantitative estimate of drug-likeness (QED) is 0.439. The number of amides is 1. The van der Waals surface area contributed by atoms with E-state index in [1.54, 1.807) is 0 Å². The predicted octanol–water partition coefficient (Wildman–Crippen LogP) is 5.42. The molecule has 3 heterocycles. The minimum atomic E-state index is 0.119. The molecule has 152 valence electrons. The topological polar surface area (TPSA) is 36.4 Å². The van der Waals surface area contributed by atoms with E-state index < -0.39 is 0 Å². The van der Waals surface area contributed by atoms with Gasteiger partial charge in [-0.1, -0.05) is 24.3 Å². The molecule has 4 nitrogen and oxygen atoms in total. The first-order chi connectivity index (χ1) is 14.5. The van der Waals surface area contributed by atoms with Crippen LogP contribution < -0.4 is 4.90 Å². The van der Waals surface area contributed by atoms with Crippen molar-refractivity contribution in [3.05, 3.63) is 70.6 Å². The van der Waals surface area contributed by atoms with E-state index in [0.29, 0.717) is 0 Å². The molecular weight excluding hydrogens is 390 g/mol. The van der Waals surface area contributed by atoms with Crippen LogP contribution >= 0.6 is 11.3 Å². The molecule has 4 aromatic rings. The van der Waals surface area contributed by atoms with Gasteiger partial charge in [0.15, 0.2) is 0 Å². The largest absolute Gasteiger partial charge is 0.365 e. The molecule has 5 heteroatoms. The van der Waals surface area contributed by atoms with Gasteiger partial charge in [0, 0.05) is 42.1 Å². The van der Waals surface area contributed by atoms with Gasteiger partial charge in [-0.05, 0) is 62.2 Å². The number of aromatic nitrogens is 1. The zero-order valence-corrected chi connectivity index (χ0v) is 18.4. The Bertz CT molecular complexity index is 1260. The maximum absolute atomic E-state index is 13.2. The highest BCUT2D eigenvalue weighted by molar-refractivity contribution is 7.20.